The number of ether oxygens (including phenoxy) is 1. The summed E-state index contributed by atoms with van der Waals surface area (Å²) in [5.41, 5.74) is 1.04. The molecule has 2 aromatic rings. The van der Waals surface area contributed by atoms with Crippen molar-refractivity contribution in [1.29, 1.82) is 0 Å². The number of anilines is 1. The number of sulfonamides is 1. The number of nitrogens with one attached hydrogen (secondary N) is 1. The highest BCUT2D eigenvalue weighted by atomic mass is 32.2. The average Bonchev–Trinajstić information content (AvgIpc) is 2.61. The van der Waals surface area contributed by atoms with Gasteiger partial charge in [-0.2, -0.15) is 0 Å². The molecule has 1 aromatic heterocycles. The second-order valence-corrected chi connectivity index (χ2v) is 7.74. The Hall–Kier alpha value is -2.52. The third-order valence-corrected chi connectivity index (χ3v) is 4.70. The molecule has 138 valence electrons. The zero-order chi connectivity index (χ0) is 18.7. The largest absolute Gasteiger partial charge is 0.489 e. The van der Waals surface area contributed by atoms with E-state index in [-0.39, 0.29) is 12.5 Å². The summed E-state index contributed by atoms with van der Waals surface area (Å²) in [6.45, 7) is 0.503. The lowest BCUT2D eigenvalue weighted by atomic mass is 9.97. The van der Waals surface area contributed by atoms with Gasteiger partial charge in [0.15, 0.2) is 0 Å². The second kappa shape index (κ2) is 7.38. The maximum atomic E-state index is 13.2. The van der Waals surface area contributed by atoms with Gasteiger partial charge in [0, 0.05) is 18.8 Å². The van der Waals surface area contributed by atoms with Crippen LogP contribution in [0.15, 0.2) is 42.7 Å². The van der Waals surface area contributed by atoms with E-state index in [2.05, 4.69) is 9.71 Å². The van der Waals surface area contributed by atoms with Gasteiger partial charge in [0.1, 0.15) is 23.9 Å². The smallest absolute Gasteiger partial charge is 0.236 e. The van der Waals surface area contributed by atoms with Crippen LogP contribution in [0, 0.1) is 5.82 Å². The second-order valence-electron chi connectivity index (χ2n) is 5.91. The van der Waals surface area contributed by atoms with Crippen molar-refractivity contribution < 1.29 is 22.3 Å². The van der Waals surface area contributed by atoms with Crippen LogP contribution in [0.2, 0.25) is 0 Å². The first kappa shape index (κ1) is 18.3. The van der Waals surface area contributed by atoms with Crippen LogP contribution in [0.5, 0.6) is 5.75 Å². The van der Waals surface area contributed by atoms with Gasteiger partial charge in [0.25, 0.3) is 0 Å². The molecule has 1 aliphatic heterocycles. The fourth-order valence-electron chi connectivity index (χ4n) is 2.76. The van der Waals surface area contributed by atoms with Crippen LogP contribution in [-0.4, -0.2) is 45.3 Å². The van der Waals surface area contributed by atoms with E-state index in [0.717, 1.165) is 6.26 Å². The van der Waals surface area contributed by atoms with Gasteiger partial charge in [-0.25, -0.2) is 17.5 Å². The molecular formula is C17H18FN3O4S. The number of halogens is 1. The van der Waals surface area contributed by atoms with E-state index < -0.39 is 21.8 Å². The Morgan fingerprint density at radius 1 is 1.35 bits per heavy atom. The van der Waals surface area contributed by atoms with Crippen molar-refractivity contribution in [2.45, 2.75) is 5.92 Å². The summed E-state index contributed by atoms with van der Waals surface area (Å²) in [7, 11) is -3.49. The molecule has 7 nitrogen and oxygen atoms in total. The lowest BCUT2D eigenvalue weighted by molar-refractivity contribution is -0.120. The van der Waals surface area contributed by atoms with Crippen molar-refractivity contribution in [2.75, 3.05) is 30.9 Å². The van der Waals surface area contributed by atoms with Crippen LogP contribution in [0.25, 0.3) is 0 Å². The fourth-order valence-corrected chi connectivity index (χ4v) is 3.23. The third kappa shape index (κ3) is 4.17. The highest BCUT2D eigenvalue weighted by Crippen LogP contribution is 2.32. The molecule has 0 spiro atoms. The Kier molecular flexibility index (Phi) is 5.19. The number of carbonyl (C=O) groups is 1. The molecule has 0 saturated carbocycles. The van der Waals surface area contributed by atoms with Crippen molar-refractivity contribution in [2.24, 2.45) is 0 Å². The number of aromatic nitrogens is 1. The Morgan fingerprint density at radius 3 is 2.77 bits per heavy atom. The monoisotopic (exact) mass is 379 g/mol. The van der Waals surface area contributed by atoms with E-state index in [1.165, 1.54) is 35.4 Å². The standard InChI is InChI=1S/C17H18FN3O4S/c1-26(23,24)20-10-14(12-2-4-13(18)5-3-12)17(22)21-8-9-25-16-6-7-19-11-15(16)21/h2-7,11,14,20H,8-10H2,1H3/t14-/m1/s1. The summed E-state index contributed by atoms with van der Waals surface area (Å²) >= 11 is 0. The minimum Gasteiger partial charge on any atom is -0.489 e. The van der Waals surface area contributed by atoms with Gasteiger partial charge < -0.3 is 9.64 Å². The lowest BCUT2D eigenvalue weighted by Crippen LogP contribution is -2.44. The van der Waals surface area contributed by atoms with Crippen LogP contribution < -0.4 is 14.4 Å². The Labute approximate surface area is 150 Å². The highest BCUT2D eigenvalue weighted by Gasteiger charge is 2.31. The first-order valence-corrected chi connectivity index (χ1v) is 9.82. The predicted octanol–water partition coefficient (Wildman–Crippen LogP) is 1.28. The fraction of sp³-hybridized carbons (Fsp3) is 0.294. The van der Waals surface area contributed by atoms with Crippen molar-refractivity contribution in [3.8, 4) is 5.75 Å². The highest BCUT2D eigenvalue weighted by molar-refractivity contribution is 7.88. The van der Waals surface area contributed by atoms with E-state index in [4.69, 9.17) is 4.74 Å². The van der Waals surface area contributed by atoms with Gasteiger partial charge >= 0.3 is 0 Å². The molecule has 0 saturated heterocycles. The molecule has 9 heteroatoms. The number of amides is 1. The molecule has 2 heterocycles. The molecule has 0 radical (unpaired) electrons. The van der Waals surface area contributed by atoms with Crippen LogP contribution in [-0.2, 0) is 14.8 Å². The van der Waals surface area contributed by atoms with Crippen LogP contribution in [0.1, 0.15) is 11.5 Å². The van der Waals surface area contributed by atoms with E-state index in [1.54, 1.807) is 12.3 Å². The summed E-state index contributed by atoms with van der Waals surface area (Å²) in [5, 5.41) is 0. The van der Waals surface area contributed by atoms with Crippen molar-refractivity contribution >= 4 is 21.6 Å². The number of pyridine rings is 1. The molecule has 1 amide bonds. The molecule has 0 fully saturated rings. The molecule has 1 aliphatic rings. The predicted molar refractivity (Wildman–Crippen MR) is 94.1 cm³/mol. The summed E-state index contributed by atoms with van der Waals surface area (Å²) in [6.07, 6.45) is 4.11. The zero-order valence-electron chi connectivity index (χ0n) is 14.1. The average molecular weight is 379 g/mol. The molecule has 26 heavy (non-hydrogen) atoms. The normalized spacial score (nSPS) is 15.1. The van der Waals surface area contributed by atoms with E-state index in [9.17, 15) is 17.6 Å². The molecular weight excluding hydrogens is 361 g/mol. The molecule has 3 rings (SSSR count). The van der Waals surface area contributed by atoms with Gasteiger partial charge in [-0.15, -0.1) is 0 Å². The van der Waals surface area contributed by atoms with Gasteiger partial charge in [0.05, 0.1) is 24.9 Å². The third-order valence-electron chi connectivity index (χ3n) is 4.01. The van der Waals surface area contributed by atoms with Crippen molar-refractivity contribution in [3.63, 3.8) is 0 Å². The topological polar surface area (TPSA) is 88.6 Å². The molecule has 0 aliphatic carbocycles. The Balaban J connectivity index is 1.93. The maximum Gasteiger partial charge on any atom is 0.236 e. The molecule has 0 unspecified atom stereocenters. The van der Waals surface area contributed by atoms with Crippen molar-refractivity contribution in [1.82, 2.24) is 9.71 Å². The van der Waals surface area contributed by atoms with Gasteiger partial charge in [-0.1, -0.05) is 12.1 Å². The summed E-state index contributed by atoms with van der Waals surface area (Å²) in [6, 6.07) is 7.10. The van der Waals surface area contributed by atoms with Crippen molar-refractivity contribution in [3.05, 3.63) is 54.1 Å². The Morgan fingerprint density at radius 2 is 2.08 bits per heavy atom. The van der Waals surface area contributed by atoms with Crippen LogP contribution in [0.3, 0.4) is 0 Å². The number of hydrogen-bond acceptors (Lipinski definition) is 5. The quantitative estimate of drug-likeness (QED) is 0.845. The van der Waals surface area contributed by atoms with Crippen LogP contribution in [0.4, 0.5) is 10.1 Å². The SMILES string of the molecule is CS(=O)(=O)NC[C@@H](C(=O)N1CCOc2ccncc21)c1ccc(F)cc1. The minimum atomic E-state index is -3.49. The number of fused-ring (bicyclic) bond motifs is 1. The minimum absolute atomic E-state index is 0.129. The number of carbonyl (C=O) groups excluding carboxylic acids is 1. The van der Waals surface area contributed by atoms with Crippen LogP contribution >= 0.6 is 0 Å². The van der Waals surface area contributed by atoms with E-state index >= 15 is 0 Å². The number of hydrogen-bond donors (Lipinski definition) is 1. The molecule has 1 aromatic carbocycles. The molecule has 1 atom stereocenters. The molecule has 1 N–H and O–H groups in total. The van der Waals surface area contributed by atoms with Gasteiger partial charge in [0.2, 0.25) is 15.9 Å². The molecule has 0 bridgehead atoms. The Bertz CT molecular complexity index is 902. The zero-order valence-corrected chi connectivity index (χ0v) is 14.9. The summed E-state index contributed by atoms with van der Waals surface area (Å²) in [5.74, 6) is -1.02. The number of benzene rings is 1. The van der Waals surface area contributed by atoms with E-state index in [0.29, 0.717) is 30.2 Å². The first-order valence-electron chi connectivity index (χ1n) is 7.93. The van der Waals surface area contributed by atoms with Gasteiger partial charge in [-0.05, 0) is 17.7 Å². The van der Waals surface area contributed by atoms with E-state index in [1.807, 2.05) is 0 Å². The lowest BCUT2D eigenvalue weighted by Gasteiger charge is -2.32. The van der Waals surface area contributed by atoms with Gasteiger partial charge in [-0.3, -0.25) is 9.78 Å². The number of rotatable bonds is 5. The number of nitrogens with zero attached hydrogens (tertiary/aromatic N) is 2. The summed E-state index contributed by atoms with van der Waals surface area (Å²) < 4.78 is 44.1. The maximum absolute atomic E-state index is 13.2. The first-order chi connectivity index (χ1) is 12.3. The summed E-state index contributed by atoms with van der Waals surface area (Å²) in [4.78, 5) is 18.7.